The summed E-state index contributed by atoms with van der Waals surface area (Å²) in [6.45, 7) is 1.02. The molecule has 1 aromatic heterocycles. The highest BCUT2D eigenvalue weighted by atomic mass is 35.5. The summed E-state index contributed by atoms with van der Waals surface area (Å²) in [6, 6.07) is 11.0. The number of benzene rings is 1. The number of β-amino-alcohol motifs (C(OH)–C–C–N with tert-alkyl or cyclic N) is 1. The van der Waals surface area contributed by atoms with E-state index >= 15 is 0 Å². The highest BCUT2D eigenvalue weighted by Gasteiger charge is 2.24. The molecule has 1 fully saturated rings. The number of halogens is 1. The number of rotatable bonds is 2. The number of nitrogens with zero attached hydrogens (tertiary/aromatic N) is 2. The smallest absolute Gasteiger partial charge is 0.255 e. The molecule has 3 rings (SSSR count). The van der Waals surface area contributed by atoms with Crippen LogP contribution in [0.25, 0.3) is 11.3 Å². The van der Waals surface area contributed by atoms with Crippen LogP contribution >= 0.6 is 11.6 Å². The average molecular weight is 317 g/mol. The van der Waals surface area contributed by atoms with Gasteiger partial charge < -0.3 is 10.0 Å². The van der Waals surface area contributed by atoms with E-state index in [1.165, 1.54) is 0 Å². The SMILES string of the molecule is O=C(c1cc(-c2ccccn2)ccc1Cl)N1CCCC(O)C1. The van der Waals surface area contributed by atoms with Crippen LogP contribution in [0.1, 0.15) is 23.2 Å². The van der Waals surface area contributed by atoms with Gasteiger partial charge in [0.2, 0.25) is 0 Å². The van der Waals surface area contributed by atoms with Crippen LogP contribution in [0.2, 0.25) is 5.02 Å². The molecule has 2 aromatic rings. The van der Waals surface area contributed by atoms with Crippen LogP contribution in [0, 0.1) is 0 Å². The topological polar surface area (TPSA) is 53.4 Å². The molecule has 1 atom stereocenters. The van der Waals surface area contributed by atoms with Gasteiger partial charge in [-0.3, -0.25) is 9.78 Å². The zero-order valence-corrected chi connectivity index (χ0v) is 12.8. The van der Waals surface area contributed by atoms with Crippen molar-refractivity contribution in [2.75, 3.05) is 13.1 Å². The van der Waals surface area contributed by atoms with Gasteiger partial charge in [0.15, 0.2) is 0 Å². The van der Waals surface area contributed by atoms with Crippen molar-refractivity contribution in [3.63, 3.8) is 0 Å². The minimum Gasteiger partial charge on any atom is -0.391 e. The minimum absolute atomic E-state index is 0.137. The summed E-state index contributed by atoms with van der Waals surface area (Å²) < 4.78 is 0. The van der Waals surface area contributed by atoms with Crippen LogP contribution in [-0.2, 0) is 0 Å². The Morgan fingerprint density at radius 1 is 1.32 bits per heavy atom. The Labute approximate surface area is 134 Å². The Hall–Kier alpha value is -1.91. The second-order valence-corrected chi connectivity index (χ2v) is 5.86. The first kappa shape index (κ1) is 15.0. The number of likely N-dealkylation sites (tertiary alicyclic amines) is 1. The summed E-state index contributed by atoms with van der Waals surface area (Å²) in [4.78, 5) is 18.6. The fourth-order valence-electron chi connectivity index (χ4n) is 2.69. The summed E-state index contributed by atoms with van der Waals surface area (Å²) >= 11 is 6.20. The maximum absolute atomic E-state index is 12.7. The fourth-order valence-corrected chi connectivity index (χ4v) is 2.89. The van der Waals surface area contributed by atoms with Gasteiger partial charge in [-0.2, -0.15) is 0 Å². The number of aliphatic hydroxyl groups excluding tert-OH is 1. The molecule has 1 aromatic carbocycles. The van der Waals surface area contributed by atoms with E-state index in [0.717, 1.165) is 24.1 Å². The lowest BCUT2D eigenvalue weighted by molar-refractivity contribution is 0.0474. The Balaban J connectivity index is 1.91. The maximum Gasteiger partial charge on any atom is 0.255 e. The van der Waals surface area contributed by atoms with Crippen LogP contribution in [0.4, 0.5) is 0 Å². The Kier molecular flexibility index (Phi) is 4.41. The summed E-state index contributed by atoms with van der Waals surface area (Å²) in [7, 11) is 0. The molecule has 0 radical (unpaired) electrons. The molecule has 0 bridgehead atoms. The maximum atomic E-state index is 12.7. The molecule has 1 unspecified atom stereocenters. The quantitative estimate of drug-likeness (QED) is 0.926. The molecule has 1 N–H and O–H groups in total. The Morgan fingerprint density at radius 3 is 2.91 bits per heavy atom. The third-order valence-electron chi connectivity index (χ3n) is 3.84. The number of carbonyl (C=O) groups excluding carboxylic acids is 1. The third-order valence-corrected chi connectivity index (χ3v) is 4.17. The molecular weight excluding hydrogens is 300 g/mol. The molecule has 1 aliphatic heterocycles. The predicted octanol–water partition coefficient (Wildman–Crippen LogP) is 3.00. The molecule has 1 saturated heterocycles. The average Bonchev–Trinajstić information content (AvgIpc) is 2.55. The molecule has 0 saturated carbocycles. The second kappa shape index (κ2) is 6.46. The molecule has 22 heavy (non-hydrogen) atoms. The van der Waals surface area contributed by atoms with Crippen molar-refractivity contribution in [2.24, 2.45) is 0 Å². The van der Waals surface area contributed by atoms with E-state index in [2.05, 4.69) is 4.98 Å². The van der Waals surface area contributed by atoms with Gasteiger partial charge in [-0.25, -0.2) is 0 Å². The van der Waals surface area contributed by atoms with Gasteiger partial charge in [-0.15, -0.1) is 0 Å². The standard InChI is InChI=1S/C17H17ClN2O2/c18-15-7-6-12(16-5-1-2-8-19-16)10-14(15)17(22)20-9-3-4-13(21)11-20/h1-2,5-8,10,13,21H,3-4,9,11H2. The lowest BCUT2D eigenvalue weighted by atomic mass is 10.0. The van der Waals surface area contributed by atoms with Crippen molar-refractivity contribution in [1.82, 2.24) is 9.88 Å². The molecule has 114 valence electrons. The molecule has 1 amide bonds. The molecule has 5 heteroatoms. The van der Waals surface area contributed by atoms with Crippen LogP contribution in [0.15, 0.2) is 42.6 Å². The monoisotopic (exact) mass is 316 g/mol. The number of aliphatic hydroxyl groups is 1. The highest BCUT2D eigenvalue weighted by molar-refractivity contribution is 6.34. The Morgan fingerprint density at radius 2 is 2.18 bits per heavy atom. The number of hydrogen-bond donors (Lipinski definition) is 1. The van der Waals surface area contributed by atoms with E-state index in [9.17, 15) is 9.90 Å². The number of carbonyl (C=O) groups is 1. The van der Waals surface area contributed by atoms with Crippen LogP contribution in [0.3, 0.4) is 0 Å². The van der Waals surface area contributed by atoms with Crippen molar-refractivity contribution in [2.45, 2.75) is 18.9 Å². The summed E-state index contributed by atoms with van der Waals surface area (Å²) in [5, 5.41) is 10.2. The van der Waals surface area contributed by atoms with E-state index in [0.29, 0.717) is 23.7 Å². The largest absolute Gasteiger partial charge is 0.391 e. The molecule has 4 nitrogen and oxygen atoms in total. The number of pyridine rings is 1. The first-order chi connectivity index (χ1) is 10.6. The first-order valence-corrected chi connectivity index (χ1v) is 7.71. The fraction of sp³-hybridized carbons (Fsp3) is 0.294. The van der Waals surface area contributed by atoms with Crippen LogP contribution in [0.5, 0.6) is 0 Å². The normalized spacial score (nSPS) is 18.3. The van der Waals surface area contributed by atoms with Crippen LogP contribution < -0.4 is 0 Å². The van der Waals surface area contributed by atoms with Gasteiger partial charge in [0.1, 0.15) is 0 Å². The van der Waals surface area contributed by atoms with Crippen molar-refractivity contribution in [1.29, 1.82) is 0 Å². The zero-order chi connectivity index (χ0) is 15.5. The van der Waals surface area contributed by atoms with E-state index in [4.69, 9.17) is 11.6 Å². The van der Waals surface area contributed by atoms with Gasteiger partial charge in [0, 0.05) is 24.8 Å². The van der Waals surface area contributed by atoms with Gasteiger partial charge in [-0.05, 0) is 37.1 Å². The number of amides is 1. The molecule has 1 aliphatic rings. The lowest BCUT2D eigenvalue weighted by Gasteiger charge is -2.30. The lowest BCUT2D eigenvalue weighted by Crippen LogP contribution is -2.42. The van der Waals surface area contributed by atoms with Crippen LogP contribution in [-0.4, -0.2) is 40.1 Å². The minimum atomic E-state index is -0.449. The molecule has 0 spiro atoms. The third kappa shape index (κ3) is 3.13. The van der Waals surface area contributed by atoms with Crippen molar-refractivity contribution in [3.05, 3.63) is 53.2 Å². The number of hydrogen-bond acceptors (Lipinski definition) is 3. The Bertz CT molecular complexity index is 676. The van der Waals surface area contributed by atoms with E-state index in [1.54, 1.807) is 23.2 Å². The van der Waals surface area contributed by atoms with Crippen molar-refractivity contribution in [3.8, 4) is 11.3 Å². The number of aromatic nitrogens is 1. The summed E-state index contributed by atoms with van der Waals surface area (Å²) in [5.74, 6) is -0.137. The summed E-state index contributed by atoms with van der Waals surface area (Å²) in [6.07, 6.45) is 2.82. The van der Waals surface area contributed by atoms with Gasteiger partial charge in [-0.1, -0.05) is 23.7 Å². The first-order valence-electron chi connectivity index (χ1n) is 7.33. The summed E-state index contributed by atoms with van der Waals surface area (Å²) in [5.41, 5.74) is 2.11. The second-order valence-electron chi connectivity index (χ2n) is 5.46. The number of piperidine rings is 1. The zero-order valence-electron chi connectivity index (χ0n) is 12.1. The van der Waals surface area contributed by atoms with E-state index in [1.807, 2.05) is 24.3 Å². The molecular formula is C17H17ClN2O2. The van der Waals surface area contributed by atoms with Gasteiger partial charge in [0.25, 0.3) is 5.91 Å². The predicted molar refractivity (Wildman–Crippen MR) is 85.8 cm³/mol. The molecule has 0 aliphatic carbocycles. The van der Waals surface area contributed by atoms with Gasteiger partial charge >= 0.3 is 0 Å². The van der Waals surface area contributed by atoms with E-state index in [-0.39, 0.29) is 5.91 Å². The molecule has 2 heterocycles. The van der Waals surface area contributed by atoms with Gasteiger partial charge in [0.05, 0.1) is 22.4 Å². The van der Waals surface area contributed by atoms with Crippen molar-refractivity contribution >= 4 is 17.5 Å². The van der Waals surface area contributed by atoms with E-state index < -0.39 is 6.10 Å². The highest BCUT2D eigenvalue weighted by Crippen LogP contribution is 2.26. The van der Waals surface area contributed by atoms with Crippen molar-refractivity contribution < 1.29 is 9.90 Å².